The molecule has 0 aliphatic carbocycles. The first-order valence-electron chi connectivity index (χ1n) is 12.3. The lowest BCUT2D eigenvalue weighted by atomic mass is 9.96. The summed E-state index contributed by atoms with van der Waals surface area (Å²) in [5.74, 6) is 0.706. The highest BCUT2D eigenvalue weighted by Gasteiger charge is 2.28. The summed E-state index contributed by atoms with van der Waals surface area (Å²) in [4.78, 5) is 25.7. The van der Waals surface area contributed by atoms with Gasteiger partial charge in [0.2, 0.25) is 0 Å². The smallest absolute Gasteiger partial charge is 0.339 e. The van der Waals surface area contributed by atoms with Crippen LogP contribution < -0.4 is 16.0 Å². The predicted molar refractivity (Wildman–Crippen MR) is 146 cm³/mol. The van der Waals surface area contributed by atoms with Gasteiger partial charge in [-0.05, 0) is 23.3 Å². The number of carbonyl (C=O) groups excluding carboxylic acids is 1. The van der Waals surface area contributed by atoms with E-state index in [1.165, 1.54) is 24.6 Å². The van der Waals surface area contributed by atoms with Crippen LogP contribution in [0.25, 0.3) is 0 Å². The van der Waals surface area contributed by atoms with E-state index >= 15 is 0 Å². The van der Waals surface area contributed by atoms with E-state index in [2.05, 4.69) is 85.7 Å². The number of rotatable bonds is 7. The number of aromatic nitrogens is 2. The van der Waals surface area contributed by atoms with Gasteiger partial charge in [-0.15, -0.1) is 0 Å². The average molecular weight is 495 g/mol. The number of piperazine rings is 1. The SMILES string of the molecule is COC(=O)c1ccccc1Nc1ncnc(N2CCN(C(c3ccccc3)c3ccccc3)CC2)c1N. The molecule has 0 spiro atoms. The fourth-order valence-electron chi connectivity index (χ4n) is 4.82. The minimum atomic E-state index is -0.432. The second-order valence-electron chi connectivity index (χ2n) is 8.87. The van der Waals surface area contributed by atoms with Gasteiger partial charge in [0.15, 0.2) is 11.6 Å². The first-order chi connectivity index (χ1) is 18.2. The Morgan fingerprint density at radius 3 is 2.08 bits per heavy atom. The van der Waals surface area contributed by atoms with Crippen molar-refractivity contribution in [3.05, 3.63) is 108 Å². The Bertz CT molecular complexity index is 1300. The topological polar surface area (TPSA) is 96.6 Å². The molecule has 3 N–H and O–H groups in total. The Hall–Kier alpha value is -4.43. The summed E-state index contributed by atoms with van der Waals surface area (Å²) in [6.45, 7) is 3.25. The summed E-state index contributed by atoms with van der Waals surface area (Å²) in [6, 6.07) is 28.5. The van der Waals surface area contributed by atoms with Crippen molar-refractivity contribution in [2.75, 3.05) is 49.2 Å². The summed E-state index contributed by atoms with van der Waals surface area (Å²) >= 11 is 0. The van der Waals surface area contributed by atoms with Crippen molar-refractivity contribution in [1.29, 1.82) is 0 Å². The van der Waals surface area contributed by atoms with E-state index in [0.29, 0.717) is 28.6 Å². The molecule has 1 saturated heterocycles. The second-order valence-corrected chi connectivity index (χ2v) is 8.87. The van der Waals surface area contributed by atoms with Crippen molar-refractivity contribution >= 4 is 29.0 Å². The molecule has 0 saturated carbocycles. The van der Waals surface area contributed by atoms with Gasteiger partial charge in [0.05, 0.1) is 24.4 Å². The van der Waals surface area contributed by atoms with E-state index in [4.69, 9.17) is 10.5 Å². The molecule has 8 heteroatoms. The lowest BCUT2D eigenvalue weighted by Crippen LogP contribution is -2.48. The molecular weight excluding hydrogens is 464 g/mol. The van der Waals surface area contributed by atoms with Crippen LogP contribution in [0.3, 0.4) is 0 Å². The fraction of sp³-hybridized carbons (Fsp3) is 0.207. The highest BCUT2D eigenvalue weighted by Crippen LogP contribution is 2.33. The van der Waals surface area contributed by atoms with Crippen LogP contribution in [0.15, 0.2) is 91.3 Å². The highest BCUT2D eigenvalue weighted by atomic mass is 16.5. The molecule has 188 valence electrons. The largest absolute Gasteiger partial charge is 0.465 e. The molecule has 4 aromatic rings. The summed E-state index contributed by atoms with van der Waals surface area (Å²) in [6.07, 6.45) is 1.50. The van der Waals surface area contributed by atoms with E-state index in [-0.39, 0.29) is 6.04 Å². The third-order valence-electron chi connectivity index (χ3n) is 6.66. The van der Waals surface area contributed by atoms with Gasteiger partial charge in [-0.1, -0.05) is 72.8 Å². The number of para-hydroxylation sites is 1. The molecule has 1 aliphatic heterocycles. The molecule has 1 aromatic heterocycles. The zero-order chi connectivity index (χ0) is 25.6. The third-order valence-corrected chi connectivity index (χ3v) is 6.66. The minimum absolute atomic E-state index is 0.180. The summed E-state index contributed by atoms with van der Waals surface area (Å²) in [5.41, 5.74) is 10.5. The number of nitrogen functional groups attached to an aromatic ring is 1. The molecule has 5 rings (SSSR count). The van der Waals surface area contributed by atoms with Gasteiger partial charge >= 0.3 is 5.97 Å². The van der Waals surface area contributed by atoms with E-state index < -0.39 is 5.97 Å². The first-order valence-corrected chi connectivity index (χ1v) is 12.3. The fourth-order valence-corrected chi connectivity index (χ4v) is 4.82. The minimum Gasteiger partial charge on any atom is -0.465 e. The second kappa shape index (κ2) is 11.1. The number of methoxy groups -OCH3 is 1. The van der Waals surface area contributed by atoms with Gasteiger partial charge in [-0.2, -0.15) is 0 Å². The van der Waals surface area contributed by atoms with Crippen molar-refractivity contribution in [1.82, 2.24) is 14.9 Å². The standard InChI is InChI=1S/C29H30N6O2/c1-37-29(36)23-14-8-9-15-24(23)33-27-25(30)28(32-20-31-27)35-18-16-34(17-19-35)26(21-10-4-2-5-11-21)22-12-6-3-7-13-22/h2-15,20,26H,16-19,30H2,1H3,(H,31,32,33). The molecule has 37 heavy (non-hydrogen) atoms. The van der Waals surface area contributed by atoms with Crippen LogP contribution >= 0.6 is 0 Å². The number of nitrogens with two attached hydrogens (primary N) is 1. The molecule has 0 unspecified atom stereocenters. The van der Waals surface area contributed by atoms with Crippen LogP contribution in [-0.2, 0) is 4.74 Å². The Kier molecular flexibility index (Phi) is 7.28. The summed E-state index contributed by atoms with van der Waals surface area (Å²) < 4.78 is 4.90. The third kappa shape index (κ3) is 5.24. The molecular formula is C29H30N6O2. The van der Waals surface area contributed by atoms with E-state index in [0.717, 1.165) is 26.2 Å². The number of anilines is 4. The molecule has 1 aliphatic rings. The lowest BCUT2D eigenvalue weighted by Gasteiger charge is -2.40. The number of benzene rings is 3. The van der Waals surface area contributed by atoms with E-state index in [9.17, 15) is 4.79 Å². The molecule has 1 fully saturated rings. The maximum absolute atomic E-state index is 12.2. The zero-order valence-corrected chi connectivity index (χ0v) is 20.7. The van der Waals surface area contributed by atoms with Crippen molar-refractivity contribution in [3.63, 3.8) is 0 Å². The van der Waals surface area contributed by atoms with Crippen molar-refractivity contribution in [2.45, 2.75) is 6.04 Å². The van der Waals surface area contributed by atoms with Gasteiger partial charge in [0.25, 0.3) is 0 Å². The van der Waals surface area contributed by atoms with E-state index in [1.54, 1.807) is 18.2 Å². The van der Waals surface area contributed by atoms with Crippen LogP contribution in [-0.4, -0.2) is 54.1 Å². The van der Waals surface area contributed by atoms with Gasteiger partial charge < -0.3 is 20.7 Å². The van der Waals surface area contributed by atoms with Crippen molar-refractivity contribution in [3.8, 4) is 0 Å². The normalized spacial score (nSPS) is 13.9. The Morgan fingerprint density at radius 2 is 1.46 bits per heavy atom. The number of nitrogens with zero attached hydrogens (tertiary/aromatic N) is 4. The highest BCUT2D eigenvalue weighted by molar-refractivity contribution is 5.97. The summed E-state index contributed by atoms with van der Waals surface area (Å²) in [7, 11) is 1.36. The van der Waals surface area contributed by atoms with E-state index in [1.807, 2.05) is 6.07 Å². The van der Waals surface area contributed by atoms with Crippen molar-refractivity contribution < 1.29 is 9.53 Å². The number of esters is 1. The predicted octanol–water partition coefficient (Wildman–Crippen LogP) is 4.50. The maximum atomic E-state index is 12.2. The van der Waals surface area contributed by atoms with Crippen LogP contribution in [0.5, 0.6) is 0 Å². The molecule has 0 radical (unpaired) electrons. The van der Waals surface area contributed by atoms with Crippen LogP contribution in [0.2, 0.25) is 0 Å². The molecule has 8 nitrogen and oxygen atoms in total. The molecule has 3 aromatic carbocycles. The van der Waals surface area contributed by atoms with Crippen molar-refractivity contribution in [2.24, 2.45) is 0 Å². The van der Waals surface area contributed by atoms with Crippen LogP contribution in [0.4, 0.5) is 23.0 Å². The monoisotopic (exact) mass is 494 g/mol. The number of hydrogen-bond donors (Lipinski definition) is 2. The number of ether oxygens (including phenoxy) is 1. The molecule has 2 heterocycles. The zero-order valence-electron chi connectivity index (χ0n) is 20.7. The maximum Gasteiger partial charge on any atom is 0.339 e. The first kappa shape index (κ1) is 24.3. The number of carbonyl (C=O) groups is 1. The van der Waals surface area contributed by atoms with Crippen LogP contribution in [0, 0.1) is 0 Å². The number of nitrogens with one attached hydrogen (secondary N) is 1. The Morgan fingerprint density at radius 1 is 0.865 bits per heavy atom. The molecule has 0 bridgehead atoms. The average Bonchev–Trinajstić information content (AvgIpc) is 2.96. The Labute approximate surface area is 216 Å². The van der Waals surface area contributed by atoms with Gasteiger partial charge in [0.1, 0.15) is 12.0 Å². The summed E-state index contributed by atoms with van der Waals surface area (Å²) in [5, 5.41) is 3.19. The molecule has 0 atom stereocenters. The number of hydrogen-bond acceptors (Lipinski definition) is 8. The van der Waals surface area contributed by atoms with Gasteiger partial charge in [0, 0.05) is 26.2 Å². The quantitative estimate of drug-likeness (QED) is 0.363. The van der Waals surface area contributed by atoms with Gasteiger partial charge in [-0.25, -0.2) is 14.8 Å². The Balaban J connectivity index is 1.34. The lowest BCUT2D eigenvalue weighted by molar-refractivity contribution is 0.0602. The molecule has 0 amide bonds. The van der Waals surface area contributed by atoms with Gasteiger partial charge in [-0.3, -0.25) is 4.90 Å². The van der Waals surface area contributed by atoms with Crippen LogP contribution in [0.1, 0.15) is 27.5 Å².